The number of piperidine rings is 1. The Morgan fingerprint density at radius 3 is 2.85 bits per heavy atom. The summed E-state index contributed by atoms with van der Waals surface area (Å²) in [6, 6.07) is 7.34. The van der Waals surface area contributed by atoms with Crippen LogP contribution in [0.4, 0.5) is 4.39 Å². The third kappa shape index (κ3) is 5.23. The summed E-state index contributed by atoms with van der Waals surface area (Å²) in [5.74, 6) is -1.27. The third-order valence-corrected chi connectivity index (χ3v) is 6.44. The zero-order chi connectivity index (χ0) is 24.4. The molecule has 1 fully saturated rings. The van der Waals surface area contributed by atoms with E-state index in [1.54, 1.807) is 40.0 Å². The van der Waals surface area contributed by atoms with Gasteiger partial charge in [0.25, 0.3) is 5.91 Å². The van der Waals surface area contributed by atoms with Gasteiger partial charge < -0.3 is 19.7 Å². The minimum Gasteiger partial charge on any atom is -0.383 e. The lowest BCUT2D eigenvalue weighted by molar-refractivity contribution is -0.131. The van der Waals surface area contributed by atoms with Gasteiger partial charge >= 0.3 is 0 Å². The van der Waals surface area contributed by atoms with Crippen molar-refractivity contribution >= 4 is 28.9 Å². The van der Waals surface area contributed by atoms with Crippen LogP contribution < -0.4 is 5.32 Å². The highest BCUT2D eigenvalue weighted by atomic mass is 35.5. The predicted octanol–water partition coefficient (Wildman–Crippen LogP) is 3.65. The molecule has 0 saturated carbocycles. The Morgan fingerprint density at radius 2 is 2.12 bits per heavy atom. The van der Waals surface area contributed by atoms with E-state index in [1.165, 1.54) is 12.1 Å². The predicted molar refractivity (Wildman–Crippen MR) is 127 cm³/mol. The molecule has 0 aliphatic carbocycles. The van der Waals surface area contributed by atoms with E-state index in [1.807, 2.05) is 20.0 Å². The van der Waals surface area contributed by atoms with Gasteiger partial charge in [-0.3, -0.25) is 9.59 Å². The number of carbonyl (C=O) groups excluding carboxylic acids is 2. The van der Waals surface area contributed by atoms with E-state index in [2.05, 4.69) is 10.3 Å². The van der Waals surface area contributed by atoms with Crippen LogP contribution in [0.5, 0.6) is 0 Å². The van der Waals surface area contributed by atoms with E-state index >= 15 is 0 Å². The van der Waals surface area contributed by atoms with Crippen molar-refractivity contribution in [3.63, 3.8) is 0 Å². The monoisotopic (exact) mass is 486 g/mol. The van der Waals surface area contributed by atoms with E-state index in [4.69, 9.17) is 11.6 Å². The average Bonchev–Trinajstić information content (AvgIpc) is 3.26. The first kappa shape index (κ1) is 24.2. The summed E-state index contributed by atoms with van der Waals surface area (Å²) >= 11 is 6.09. The van der Waals surface area contributed by atoms with Crippen LogP contribution in [0, 0.1) is 11.7 Å². The largest absolute Gasteiger partial charge is 0.383 e. The van der Waals surface area contributed by atoms with Crippen LogP contribution in [0.1, 0.15) is 48.5 Å². The first-order chi connectivity index (χ1) is 16.2. The molecule has 3 heterocycles. The van der Waals surface area contributed by atoms with Crippen LogP contribution in [0.25, 0.3) is 5.52 Å². The number of amides is 2. The highest BCUT2D eigenvalue weighted by molar-refractivity contribution is 6.30. The maximum Gasteiger partial charge on any atom is 0.256 e. The van der Waals surface area contributed by atoms with Gasteiger partial charge in [-0.15, -0.1) is 0 Å². The van der Waals surface area contributed by atoms with Gasteiger partial charge in [-0.05, 0) is 54.7 Å². The molecule has 1 aliphatic rings. The number of benzene rings is 1. The number of likely N-dealkylation sites (tertiary alicyclic amines) is 1. The quantitative estimate of drug-likeness (QED) is 0.557. The number of aliphatic hydroxyl groups excluding tert-OH is 1. The van der Waals surface area contributed by atoms with Gasteiger partial charge in [0.15, 0.2) is 0 Å². The van der Waals surface area contributed by atoms with Crippen molar-refractivity contribution in [2.75, 3.05) is 13.1 Å². The summed E-state index contributed by atoms with van der Waals surface area (Å²) in [5, 5.41) is 13.5. The topological polar surface area (TPSA) is 86.9 Å². The Bertz CT molecular complexity index is 1180. The van der Waals surface area contributed by atoms with Crippen LogP contribution in [0.15, 0.2) is 49.1 Å². The summed E-state index contributed by atoms with van der Waals surface area (Å²) in [6.07, 6.45) is 4.74. The van der Waals surface area contributed by atoms with Crippen LogP contribution in [-0.4, -0.2) is 56.4 Å². The number of nitrogens with zero attached hydrogens (tertiary/aromatic N) is 3. The summed E-state index contributed by atoms with van der Waals surface area (Å²) in [6.45, 7) is 4.49. The molecule has 34 heavy (non-hydrogen) atoms. The van der Waals surface area contributed by atoms with Gasteiger partial charge in [0.2, 0.25) is 5.91 Å². The normalized spacial score (nSPS) is 19.4. The van der Waals surface area contributed by atoms with Gasteiger partial charge in [0.05, 0.1) is 29.6 Å². The summed E-state index contributed by atoms with van der Waals surface area (Å²) in [5.41, 5.74) is 1.86. The van der Waals surface area contributed by atoms with E-state index in [0.29, 0.717) is 36.0 Å². The number of aromatic nitrogens is 2. The third-order valence-electron chi connectivity index (χ3n) is 6.22. The van der Waals surface area contributed by atoms with Crippen LogP contribution in [-0.2, 0) is 4.79 Å². The molecule has 0 spiro atoms. The molecule has 1 saturated heterocycles. The number of hydrogen-bond acceptors (Lipinski definition) is 4. The van der Waals surface area contributed by atoms with Crippen molar-refractivity contribution < 1.29 is 19.1 Å². The highest BCUT2D eigenvalue weighted by Crippen LogP contribution is 2.32. The number of hydrogen-bond donors (Lipinski definition) is 2. The molecule has 0 radical (unpaired) electrons. The van der Waals surface area contributed by atoms with Crippen LogP contribution in [0.3, 0.4) is 0 Å². The zero-order valence-electron chi connectivity index (χ0n) is 19.1. The zero-order valence-corrected chi connectivity index (χ0v) is 19.9. The van der Waals surface area contributed by atoms with Crippen molar-refractivity contribution in [1.82, 2.24) is 19.6 Å². The van der Waals surface area contributed by atoms with Gasteiger partial charge in [0, 0.05) is 30.2 Å². The number of rotatable bonds is 6. The molecule has 7 nitrogen and oxygen atoms in total. The van der Waals surface area contributed by atoms with Gasteiger partial charge in [0.1, 0.15) is 11.9 Å². The molecule has 2 aromatic heterocycles. The van der Waals surface area contributed by atoms with E-state index < -0.39 is 23.9 Å². The lowest BCUT2D eigenvalue weighted by Crippen LogP contribution is -2.55. The van der Waals surface area contributed by atoms with E-state index in [9.17, 15) is 19.1 Å². The number of halogens is 2. The second-order valence-electron chi connectivity index (χ2n) is 9.22. The van der Waals surface area contributed by atoms with Crippen LogP contribution in [0.2, 0.25) is 5.02 Å². The van der Waals surface area contributed by atoms with Crippen molar-refractivity contribution in [2.24, 2.45) is 5.92 Å². The molecule has 180 valence electrons. The Hall–Kier alpha value is -2.97. The smallest absolute Gasteiger partial charge is 0.256 e. The highest BCUT2D eigenvalue weighted by Gasteiger charge is 2.35. The SMILES string of the molecule is CC(C)C[C@@H](O)C(=O)N[C@@H]1CN(C(=O)c2cccn3cncc23)CC[C@H]1c1cc(F)cc(Cl)c1. The van der Waals surface area contributed by atoms with Crippen molar-refractivity contribution in [3.8, 4) is 0 Å². The molecule has 1 aromatic carbocycles. The van der Waals surface area contributed by atoms with Crippen molar-refractivity contribution in [1.29, 1.82) is 0 Å². The molecule has 3 atom stereocenters. The first-order valence-corrected chi connectivity index (χ1v) is 11.7. The molecule has 2 amide bonds. The molecule has 9 heteroatoms. The first-order valence-electron chi connectivity index (χ1n) is 11.4. The maximum atomic E-state index is 14.1. The fraction of sp³-hybridized carbons (Fsp3) is 0.400. The summed E-state index contributed by atoms with van der Waals surface area (Å²) < 4.78 is 15.9. The summed E-state index contributed by atoms with van der Waals surface area (Å²) in [7, 11) is 0. The lowest BCUT2D eigenvalue weighted by Gasteiger charge is -2.39. The summed E-state index contributed by atoms with van der Waals surface area (Å²) in [4.78, 5) is 32.0. The molecule has 0 bridgehead atoms. The molecule has 0 unspecified atom stereocenters. The Balaban J connectivity index is 1.60. The fourth-order valence-electron chi connectivity index (χ4n) is 4.60. The Kier molecular flexibility index (Phi) is 7.19. The Morgan fingerprint density at radius 1 is 1.32 bits per heavy atom. The van der Waals surface area contributed by atoms with E-state index in [0.717, 1.165) is 0 Å². The second kappa shape index (κ2) is 10.1. The molecular formula is C25H28ClFN4O3. The number of carbonyl (C=O) groups is 2. The lowest BCUT2D eigenvalue weighted by atomic mass is 9.84. The van der Waals surface area contributed by atoms with Crippen molar-refractivity contribution in [3.05, 3.63) is 71.0 Å². The molecule has 4 rings (SSSR count). The standard InChI is InChI=1S/C25H28ClFN4O3/c1-15(2)8-23(32)24(33)29-21-13-30(7-5-19(21)16-9-17(26)11-18(27)10-16)25(34)20-4-3-6-31-14-28-12-22(20)31/h3-4,6,9-12,14-15,19,21,23,32H,5,7-8,13H2,1-2H3,(H,29,33)/t19-,21+,23+/m0/s1. The Labute approximate surface area is 202 Å². The molecule has 3 aromatic rings. The van der Waals surface area contributed by atoms with Crippen molar-refractivity contribution in [2.45, 2.75) is 44.8 Å². The molecule has 1 aliphatic heterocycles. The number of fused-ring (bicyclic) bond motifs is 1. The van der Waals surface area contributed by atoms with Gasteiger partial charge in [-0.25, -0.2) is 9.37 Å². The number of imidazole rings is 1. The minimum absolute atomic E-state index is 0.138. The van der Waals surface area contributed by atoms with E-state index in [-0.39, 0.29) is 29.3 Å². The second-order valence-corrected chi connectivity index (χ2v) is 9.65. The maximum absolute atomic E-state index is 14.1. The number of pyridine rings is 1. The number of aliphatic hydroxyl groups is 1. The van der Waals surface area contributed by atoms with Gasteiger partial charge in [-0.2, -0.15) is 0 Å². The molecular weight excluding hydrogens is 459 g/mol. The fourth-order valence-corrected chi connectivity index (χ4v) is 4.83. The van der Waals surface area contributed by atoms with Crippen LogP contribution >= 0.6 is 11.6 Å². The van der Waals surface area contributed by atoms with Gasteiger partial charge in [-0.1, -0.05) is 25.4 Å². The average molecular weight is 487 g/mol. The minimum atomic E-state index is -1.16. The molecule has 2 N–H and O–H groups in total. The number of nitrogens with one attached hydrogen (secondary N) is 1.